The molecule has 1 aliphatic rings. The van der Waals surface area contributed by atoms with Crippen LogP contribution in [-0.4, -0.2) is 74.6 Å². The molecule has 1 heterocycles. The van der Waals surface area contributed by atoms with Crippen LogP contribution in [0.4, 0.5) is 0 Å². The van der Waals surface area contributed by atoms with E-state index >= 15 is 0 Å². The molecule has 8 nitrogen and oxygen atoms in total. The van der Waals surface area contributed by atoms with Crippen LogP contribution in [0.5, 0.6) is 17.2 Å². The Morgan fingerprint density at radius 3 is 2.38 bits per heavy atom. The summed E-state index contributed by atoms with van der Waals surface area (Å²) in [5.74, 6) is -0.205. The summed E-state index contributed by atoms with van der Waals surface area (Å²) in [5, 5.41) is 11.3. The van der Waals surface area contributed by atoms with Crippen molar-refractivity contribution < 1.29 is 28.9 Å². The summed E-state index contributed by atoms with van der Waals surface area (Å²) in [6, 6.07) is 11.4. The van der Waals surface area contributed by atoms with Gasteiger partial charge in [-0.25, -0.2) is 0 Å². The topological polar surface area (TPSA) is 88.5 Å². The first-order valence-electron chi connectivity index (χ1n) is 11.2. The SMILES string of the molecule is CCOc1ccc(C2/C(=C(/O)c3ccccc3OC)C(=O)C(=O)N2CCCN(C)C)cc1OC. The van der Waals surface area contributed by atoms with E-state index in [9.17, 15) is 14.7 Å². The number of Topliss-reactive ketones (excluding diaryl/α,β-unsaturated/α-hetero) is 1. The van der Waals surface area contributed by atoms with E-state index in [1.54, 1.807) is 42.5 Å². The molecule has 0 aromatic heterocycles. The fourth-order valence-corrected chi connectivity index (χ4v) is 4.13. The van der Waals surface area contributed by atoms with Gasteiger partial charge in [0.2, 0.25) is 0 Å². The highest BCUT2D eigenvalue weighted by Gasteiger charge is 2.46. The number of hydrogen-bond acceptors (Lipinski definition) is 7. The number of nitrogens with zero attached hydrogens (tertiary/aromatic N) is 2. The highest BCUT2D eigenvalue weighted by molar-refractivity contribution is 6.46. The number of ketones is 1. The Bertz CT molecular complexity index is 1080. The van der Waals surface area contributed by atoms with Gasteiger partial charge in [0, 0.05) is 6.54 Å². The molecule has 1 N–H and O–H groups in total. The number of benzene rings is 2. The number of carbonyl (C=O) groups excluding carboxylic acids is 2. The van der Waals surface area contributed by atoms with Crippen LogP contribution < -0.4 is 14.2 Å². The van der Waals surface area contributed by atoms with Gasteiger partial charge >= 0.3 is 0 Å². The van der Waals surface area contributed by atoms with Gasteiger partial charge in [-0.15, -0.1) is 0 Å². The van der Waals surface area contributed by atoms with Gasteiger partial charge < -0.3 is 29.1 Å². The van der Waals surface area contributed by atoms with Crippen molar-refractivity contribution in [2.45, 2.75) is 19.4 Å². The Balaban J connectivity index is 2.17. The molecule has 2 aromatic carbocycles. The average molecular weight is 469 g/mol. The Hall–Kier alpha value is -3.52. The fraction of sp³-hybridized carbons (Fsp3) is 0.385. The number of likely N-dealkylation sites (tertiary alicyclic amines) is 1. The van der Waals surface area contributed by atoms with Crippen molar-refractivity contribution in [1.82, 2.24) is 9.80 Å². The molecule has 0 spiro atoms. The van der Waals surface area contributed by atoms with Crippen LogP contribution in [0.25, 0.3) is 5.76 Å². The predicted octanol–water partition coefficient (Wildman–Crippen LogP) is 3.48. The normalized spacial score (nSPS) is 17.4. The van der Waals surface area contributed by atoms with Crippen molar-refractivity contribution in [3.63, 3.8) is 0 Å². The van der Waals surface area contributed by atoms with Crippen molar-refractivity contribution in [1.29, 1.82) is 0 Å². The Morgan fingerprint density at radius 1 is 1.03 bits per heavy atom. The number of ether oxygens (including phenoxy) is 3. The van der Waals surface area contributed by atoms with Crippen molar-refractivity contribution in [3.8, 4) is 17.2 Å². The van der Waals surface area contributed by atoms with Gasteiger partial charge in [-0.3, -0.25) is 9.59 Å². The van der Waals surface area contributed by atoms with Crippen LogP contribution in [0.3, 0.4) is 0 Å². The molecule has 1 amide bonds. The van der Waals surface area contributed by atoms with Gasteiger partial charge in [-0.1, -0.05) is 18.2 Å². The maximum Gasteiger partial charge on any atom is 0.295 e. The van der Waals surface area contributed by atoms with Crippen LogP contribution in [0, 0.1) is 0 Å². The number of rotatable bonds is 10. The van der Waals surface area contributed by atoms with Crippen LogP contribution in [0.15, 0.2) is 48.0 Å². The lowest BCUT2D eigenvalue weighted by molar-refractivity contribution is -0.139. The van der Waals surface area contributed by atoms with Crippen LogP contribution in [0.2, 0.25) is 0 Å². The molecule has 0 bridgehead atoms. The zero-order valence-electron chi connectivity index (χ0n) is 20.3. The lowest BCUT2D eigenvalue weighted by Crippen LogP contribution is -2.32. The van der Waals surface area contributed by atoms with E-state index in [1.807, 2.05) is 25.9 Å². The standard InChI is InChI=1S/C26H32N2O6/c1-6-34-20-13-12-17(16-21(20)33-5)23-22(24(29)18-10-7-8-11-19(18)32-4)25(30)26(31)28(23)15-9-14-27(2)3/h7-8,10-13,16,23,29H,6,9,14-15H2,1-5H3/b24-22-. The maximum absolute atomic E-state index is 13.2. The molecule has 182 valence electrons. The van der Waals surface area contributed by atoms with Gasteiger partial charge in [0.25, 0.3) is 11.7 Å². The number of amides is 1. The summed E-state index contributed by atoms with van der Waals surface area (Å²) < 4.78 is 16.5. The summed E-state index contributed by atoms with van der Waals surface area (Å²) >= 11 is 0. The largest absolute Gasteiger partial charge is 0.507 e. The molecule has 1 atom stereocenters. The van der Waals surface area contributed by atoms with Crippen LogP contribution in [0.1, 0.15) is 30.5 Å². The smallest absolute Gasteiger partial charge is 0.295 e. The summed E-state index contributed by atoms with van der Waals surface area (Å²) in [7, 11) is 6.92. The van der Waals surface area contributed by atoms with E-state index in [2.05, 4.69) is 0 Å². The molecule has 0 saturated carbocycles. The summed E-state index contributed by atoms with van der Waals surface area (Å²) in [4.78, 5) is 29.9. The third kappa shape index (κ3) is 5.02. The first kappa shape index (κ1) is 25.1. The molecule has 1 saturated heterocycles. The molecular formula is C26H32N2O6. The van der Waals surface area contributed by atoms with Gasteiger partial charge in [0.15, 0.2) is 11.5 Å². The number of carbonyl (C=O) groups is 2. The molecular weight excluding hydrogens is 436 g/mol. The molecule has 3 rings (SSSR count). The zero-order valence-corrected chi connectivity index (χ0v) is 20.3. The number of hydrogen-bond donors (Lipinski definition) is 1. The Labute approximate surface area is 200 Å². The van der Waals surface area contributed by atoms with Gasteiger partial charge in [-0.05, 0) is 63.8 Å². The van der Waals surface area contributed by atoms with Crippen LogP contribution >= 0.6 is 0 Å². The highest BCUT2D eigenvalue weighted by Crippen LogP contribution is 2.43. The third-order valence-electron chi connectivity index (χ3n) is 5.71. The van der Waals surface area contributed by atoms with E-state index in [4.69, 9.17) is 14.2 Å². The van der Waals surface area contributed by atoms with Crippen LogP contribution in [-0.2, 0) is 9.59 Å². The average Bonchev–Trinajstić information content (AvgIpc) is 3.08. The molecule has 1 unspecified atom stereocenters. The highest BCUT2D eigenvalue weighted by atomic mass is 16.5. The minimum Gasteiger partial charge on any atom is -0.507 e. The van der Waals surface area contributed by atoms with E-state index in [1.165, 1.54) is 19.1 Å². The number of para-hydroxylation sites is 1. The monoisotopic (exact) mass is 468 g/mol. The number of aliphatic hydroxyl groups excluding tert-OH is 1. The van der Waals surface area contributed by atoms with Gasteiger partial charge in [0.1, 0.15) is 11.5 Å². The summed E-state index contributed by atoms with van der Waals surface area (Å²) in [5.41, 5.74) is 1.01. The molecule has 34 heavy (non-hydrogen) atoms. The molecule has 2 aromatic rings. The molecule has 1 aliphatic heterocycles. The van der Waals surface area contributed by atoms with Crippen molar-refractivity contribution in [2.75, 3.05) is 48.0 Å². The van der Waals surface area contributed by atoms with E-state index < -0.39 is 17.7 Å². The minimum absolute atomic E-state index is 0.0190. The molecule has 0 aliphatic carbocycles. The van der Waals surface area contributed by atoms with E-state index in [0.717, 1.165) is 6.54 Å². The van der Waals surface area contributed by atoms with E-state index in [-0.39, 0.29) is 11.3 Å². The Morgan fingerprint density at radius 2 is 1.74 bits per heavy atom. The fourth-order valence-electron chi connectivity index (χ4n) is 4.13. The predicted molar refractivity (Wildman–Crippen MR) is 129 cm³/mol. The second-order valence-electron chi connectivity index (χ2n) is 8.19. The first-order chi connectivity index (χ1) is 16.3. The second kappa shape index (κ2) is 11.1. The molecule has 0 radical (unpaired) electrons. The minimum atomic E-state index is -0.781. The Kier molecular flexibility index (Phi) is 8.17. The van der Waals surface area contributed by atoms with Gasteiger partial charge in [-0.2, -0.15) is 0 Å². The van der Waals surface area contributed by atoms with E-state index in [0.29, 0.717) is 47.9 Å². The zero-order chi connectivity index (χ0) is 24.8. The molecule has 8 heteroatoms. The summed E-state index contributed by atoms with van der Waals surface area (Å²) in [6.07, 6.45) is 0.666. The number of methoxy groups -OCH3 is 2. The number of aliphatic hydroxyl groups is 1. The lowest BCUT2D eigenvalue weighted by atomic mass is 9.94. The first-order valence-corrected chi connectivity index (χ1v) is 11.2. The van der Waals surface area contributed by atoms with Gasteiger partial charge in [0.05, 0.1) is 38.0 Å². The lowest BCUT2D eigenvalue weighted by Gasteiger charge is -2.26. The quantitative estimate of drug-likeness (QED) is 0.324. The summed E-state index contributed by atoms with van der Waals surface area (Å²) in [6.45, 7) is 3.44. The maximum atomic E-state index is 13.2. The van der Waals surface area contributed by atoms with Crippen molar-refractivity contribution >= 4 is 17.4 Å². The second-order valence-corrected chi connectivity index (χ2v) is 8.19. The van der Waals surface area contributed by atoms with Crippen molar-refractivity contribution in [3.05, 3.63) is 59.2 Å². The molecule has 1 fully saturated rings. The van der Waals surface area contributed by atoms with Crippen molar-refractivity contribution in [2.24, 2.45) is 0 Å². The third-order valence-corrected chi connectivity index (χ3v) is 5.71.